The van der Waals surface area contributed by atoms with Gasteiger partial charge in [0.15, 0.2) is 0 Å². The number of aromatic nitrogens is 2. The molecule has 0 amide bonds. The molecule has 0 bridgehead atoms. The summed E-state index contributed by atoms with van der Waals surface area (Å²) >= 11 is 0. The molecule has 3 nitrogen and oxygen atoms in total. The van der Waals surface area contributed by atoms with E-state index in [0.717, 1.165) is 23.5 Å². The molecule has 0 aliphatic rings. The van der Waals surface area contributed by atoms with E-state index in [2.05, 4.69) is 18.0 Å². The van der Waals surface area contributed by atoms with Crippen LogP contribution in [-0.2, 0) is 6.42 Å². The van der Waals surface area contributed by atoms with Crippen molar-refractivity contribution in [3.63, 3.8) is 0 Å². The Balaban J connectivity index is 2.58. The van der Waals surface area contributed by atoms with Crippen LogP contribution in [0.2, 0.25) is 0 Å². The van der Waals surface area contributed by atoms with Crippen molar-refractivity contribution in [1.82, 2.24) is 9.55 Å². The Morgan fingerprint density at radius 3 is 2.69 bits per heavy atom. The standard InChI is InChI=1S/C13H13N3/c1-3-11-5-6-12(8-14)16(11)13-7-4-10(2)9-15-13/h4-7,9H,3H2,1-2H3. The lowest BCUT2D eigenvalue weighted by Gasteiger charge is -2.08. The van der Waals surface area contributed by atoms with Gasteiger partial charge in [-0.15, -0.1) is 0 Å². The van der Waals surface area contributed by atoms with Gasteiger partial charge >= 0.3 is 0 Å². The fraction of sp³-hybridized carbons (Fsp3) is 0.231. The van der Waals surface area contributed by atoms with Crippen molar-refractivity contribution in [2.45, 2.75) is 20.3 Å². The molecule has 0 spiro atoms. The van der Waals surface area contributed by atoms with Crippen LogP contribution in [-0.4, -0.2) is 9.55 Å². The Morgan fingerprint density at radius 1 is 1.31 bits per heavy atom. The first-order valence-corrected chi connectivity index (χ1v) is 5.30. The Bertz CT molecular complexity index is 529. The third-order valence-corrected chi connectivity index (χ3v) is 2.56. The molecule has 0 unspecified atom stereocenters. The van der Waals surface area contributed by atoms with Crippen molar-refractivity contribution in [2.75, 3.05) is 0 Å². The van der Waals surface area contributed by atoms with Gasteiger partial charge in [0.1, 0.15) is 17.6 Å². The molecule has 0 saturated heterocycles. The summed E-state index contributed by atoms with van der Waals surface area (Å²) < 4.78 is 1.90. The Kier molecular flexibility index (Phi) is 2.74. The summed E-state index contributed by atoms with van der Waals surface area (Å²) in [6.45, 7) is 4.07. The van der Waals surface area contributed by atoms with Crippen molar-refractivity contribution in [2.24, 2.45) is 0 Å². The van der Waals surface area contributed by atoms with E-state index in [1.165, 1.54) is 0 Å². The Labute approximate surface area is 95.0 Å². The van der Waals surface area contributed by atoms with Crippen LogP contribution in [0.1, 0.15) is 23.9 Å². The number of pyridine rings is 1. The summed E-state index contributed by atoms with van der Waals surface area (Å²) in [5, 5.41) is 9.04. The smallest absolute Gasteiger partial charge is 0.137 e. The summed E-state index contributed by atoms with van der Waals surface area (Å²) in [4.78, 5) is 4.35. The lowest BCUT2D eigenvalue weighted by atomic mass is 10.3. The molecule has 0 N–H and O–H groups in total. The first-order chi connectivity index (χ1) is 7.76. The van der Waals surface area contributed by atoms with Gasteiger partial charge in [-0.3, -0.25) is 4.57 Å². The van der Waals surface area contributed by atoms with E-state index in [1.54, 1.807) is 0 Å². The van der Waals surface area contributed by atoms with Crippen LogP contribution < -0.4 is 0 Å². The monoisotopic (exact) mass is 211 g/mol. The van der Waals surface area contributed by atoms with E-state index in [0.29, 0.717) is 5.69 Å². The van der Waals surface area contributed by atoms with Crippen LogP contribution in [0.3, 0.4) is 0 Å². The lowest BCUT2D eigenvalue weighted by molar-refractivity contribution is 0.891. The molecule has 0 aromatic carbocycles. The maximum absolute atomic E-state index is 9.04. The van der Waals surface area contributed by atoms with Gasteiger partial charge in [-0.25, -0.2) is 4.98 Å². The van der Waals surface area contributed by atoms with E-state index >= 15 is 0 Å². The minimum absolute atomic E-state index is 0.633. The average Bonchev–Trinajstić information content (AvgIpc) is 2.73. The second-order valence-electron chi connectivity index (χ2n) is 3.70. The molecule has 0 atom stereocenters. The van der Waals surface area contributed by atoms with E-state index < -0.39 is 0 Å². The number of aryl methyl sites for hydroxylation is 2. The third-order valence-electron chi connectivity index (χ3n) is 2.56. The van der Waals surface area contributed by atoms with Gasteiger partial charge in [0, 0.05) is 11.9 Å². The number of hydrogen-bond donors (Lipinski definition) is 0. The molecule has 0 aliphatic carbocycles. The number of nitriles is 1. The summed E-state index contributed by atoms with van der Waals surface area (Å²) in [6.07, 6.45) is 2.70. The van der Waals surface area contributed by atoms with Gasteiger partial charge in [-0.05, 0) is 37.1 Å². The minimum Gasteiger partial charge on any atom is -0.290 e. The maximum atomic E-state index is 9.04. The molecular formula is C13H13N3. The second kappa shape index (κ2) is 4.19. The molecule has 80 valence electrons. The van der Waals surface area contributed by atoms with E-state index in [1.807, 2.05) is 42.0 Å². The summed E-state index contributed by atoms with van der Waals surface area (Å²) in [5.41, 5.74) is 2.86. The molecule has 0 radical (unpaired) electrons. The molecule has 0 fully saturated rings. The highest BCUT2D eigenvalue weighted by Gasteiger charge is 2.08. The molecule has 2 aromatic rings. The van der Waals surface area contributed by atoms with Gasteiger partial charge in [0.05, 0.1) is 0 Å². The average molecular weight is 211 g/mol. The number of nitrogens with zero attached hydrogens (tertiary/aromatic N) is 3. The van der Waals surface area contributed by atoms with E-state index in [-0.39, 0.29) is 0 Å². The van der Waals surface area contributed by atoms with Crippen molar-refractivity contribution in [1.29, 1.82) is 5.26 Å². The SMILES string of the molecule is CCc1ccc(C#N)n1-c1ccc(C)cn1. The van der Waals surface area contributed by atoms with Gasteiger partial charge in [0.2, 0.25) is 0 Å². The highest BCUT2D eigenvalue weighted by Crippen LogP contribution is 2.15. The molecule has 2 aromatic heterocycles. The van der Waals surface area contributed by atoms with Crippen LogP contribution in [0.5, 0.6) is 0 Å². The fourth-order valence-electron chi connectivity index (χ4n) is 1.70. The van der Waals surface area contributed by atoms with Crippen LogP contribution in [0, 0.1) is 18.3 Å². The Hall–Kier alpha value is -2.08. The largest absolute Gasteiger partial charge is 0.290 e. The molecule has 0 saturated carbocycles. The summed E-state index contributed by atoms with van der Waals surface area (Å²) in [5.74, 6) is 0.809. The summed E-state index contributed by atoms with van der Waals surface area (Å²) in [6, 6.07) is 9.94. The topological polar surface area (TPSA) is 41.6 Å². The van der Waals surface area contributed by atoms with Crippen molar-refractivity contribution < 1.29 is 0 Å². The highest BCUT2D eigenvalue weighted by atomic mass is 15.1. The summed E-state index contributed by atoms with van der Waals surface area (Å²) in [7, 11) is 0. The normalized spacial score (nSPS) is 10.1. The van der Waals surface area contributed by atoms with Gasteiger partial charge < -0.3 is 0 Å². The van der Waals surface area contributed by atoms with Gasteiger partial charge in [-0.1, -0.05) is 13.0 Å². The zero-order chi connectivity index (χ0) is 11.5. The maximum Gasteiger partial charge on any atom is 0.137 e. The molecule has 2 heterocycles. The van der Waals surface area contributed by atoms with Gasteiger partial charge in [0.25, 0.3) is 0 Å². The molecular weight excluding hydrogens is 198 g/mol. The van der Waals surface area contributed by atoms with Crippen molar-refractivity contribution >= 4 is 0 Å². The zero-order valence-corrected chi connectivity index (χ0v) is 9.44. The van der Waals surface area contributed by atoms with Crippen LogP contribution in [0.25, 0.3) is 5.82 Å². The fourth-order valence-corrected chi connectivity index (χ4v) is 1.70. The first kappa shape index (κ1) is 10.4. The van der Waals surface area contributed by atoms with Crippen LogP contribution >= 0.6 is 0 Å². The first-order valence-electron chi connectivity index (χ1n) is 5.30. The predicted octanol–water partition coefficient (Wildman–Crippen LogP) is 2.61. The van der Waals surface area contributed by atoms with Crippen molar-refractivity contribution in [3.8, 4) is 11.9 Å². The minimum atomic E-state index is 0.633. The third kappa shape index (κ3) is 1.70. The zero-order valence-electron chi connectivity index (χ0n) is 9.44. The molecule has 3 heteroatoms. The Morgan fingerprint density at radius 2 is 2.12 bits per heavy atom. The second-order valence-corrected chi connectivity index (χ2v) is 3.70. The van der Waals surface area contributed by atoms with E-state index in [9.17, 15) is 0 Å². The highest BCUT2D eigenvalue weighted by molar-refractivity contribution is 5.38. The predicted molar refractivity (Wildman–Crippen MR) is 62.4 cm³/mol. The van der Waals surface area contributed by atoms with E-state index in [4.69, 9.17) is 5.26 Å². The quantitative estimate of drug-likeness (QED) is 0.766. The number of hydrogen-bond acceptors (Lipinski definition) is 2. The van der Waals surface area contributed by atoms with Crippen LogP contribution in [0.15, 0.2) is 30.5 Å². The molecule has 2 rings (SSSR count). The molecule has 16 heavy (non-hydrogen) atoms. The lowest BCUT2D eigenvalue weighted by Crippen LogP contribution is -2.03. The molecule has 0 aliphatic heterocycles. The number of rotatable bonds is 2. The van der Waals surface area contributed by atoms with Crippen LogP contribution in [0.4, 0.5) is 0 Å². The van der Waals surface area contributed by atoms with Crippen molar-refractivity contribution in [3.05, 3.63) is 47.4 Å². The van der Waals surface area contributed by atoms with Gasteiger partial charge in [-0.2, -0.15) is 5.26 Å².